The lowest BCUT2D eigenvalue weighted by molar-refractivity contribution is -0.136. The van der Waals surface area contributed by atoms with E-state index in [2.05, 4.69) is 0 Å². The molecular formula is C8H15N3O2. The van der Waals surface area contributed by atoms with Gasteiger partial charge in [-0.15, -0.1) is 0 Å². The molecule has 0 aromatic carbocycles. The van der Waals surface area contributed by atoms with Gasteiger partial charge in [0.15, 0.2) is 0 Å². The van der Waals surface area contributed by atoms with Crippen molar-refractivity contribution in [1.29, 1.82) is 0 Å². The number of amides is 2. The summed E-state index contributed by atoms with van der Waals surface area (Å²) in [4.78, 5) is 23.9. The van der Waals surface area contributed by atoms with Crippen LogP contribution >= 0.6 is 0 Å². The highest BCUT2D eigenvalue weighted by atomic mass is 16.2. The van der Waals surface area contributed by atoms with Gasteiger partial charge in [0.1, 0.15) is 6.42 Å². The third-order valence-corrected chi connectivity index (χ3v) is 2.18. The molecule has 74 valence electrons. The van der Waals surface area contributed by atoms with Crippen molar-refractivity contribution in [3.8, 4) is 0 Å². The van der Waals surface area contributed by atoms with Crippen LogP contribution in [0.4, 0.5) is 0 Å². The van der Waals surface area contributed by atoms with Crippen molar-refractivity contribution in [3.63, 3.8) is 0 Å². The Kier molecular flexibility index (Phi) is 3.70. The van der Waals surface area contributed by atoms with E-state index < -0.39 is 5.91 Å². The molecule has 0 radical (unpaired) electrons. The fraction of sp³-hybridized carbons (Fsp3) is 0.750. The van der Waals surface area contributed by atoms with Crippen LogP contribution in [0.15, 0.2) is 0 Å². The third kappa shape index (κ3) is 3.02. The van der Waals surface area contributed by atoms with Crippen molar-refractivity contribution in [3.05, 3.63) is 0 Å². The number of hydrazine groups is 1. The normalized spacial score (nSPS) is 16.8. The van der Waals surface area contributed by atoms with Crippen molar-refractivity contribution in [2.75, 3.05) is 13.1 Å². The molecule has 1 fully saturated rings. The molecule has 0 aromatic heterocycles. The van der Waals surface area contributed by atoms with E-state index in [-0.39, 0.29) is 12.3 Å². The summed E-state index contributed by atoms with van der Waals surface area (Å²) >= 11 is 0. The molecular weight excluding hydrogens is 170 g/mol. The highest BCUT2D eigenvalue weighted by Crippen LogP contribution is 2.09. The van der Waals surface area contributed by atoms with E-state index in [9.17, 15) is 9.59 Å². The van der Waals surface area contributed by atoms with E-state index in [4.69, 9.17) is 5.84 Å². The van der Waals surface area contributed by atoms with Gasteiger partial charge in [-0.2, -0.15) is 0 Å². The number of hydrogen-bond acceptors (Lipinski definition) is 3. The first-order chi connectivity index (χ1) is 6.24. The number of likely N-dealkylation sites (tertiary alicyclic amines) is 1. The predicted molar refractivity (Wildman–Crippen MR) is 47.4 cm³/mol. The van der Waals surface area contributed by atoms with Gasteiger partial charge in [0.25, 0.3) is 0 Å². The molecule has 1 rings (SSSR count). The molecule has 3 N–H and O–H groups in total. The number of nitrogens with one attached hydrogen (secondary N) is 1. The van der Waals surface area contributed by atoms with Crippen LogP contribution in [0.2, 0.25) is 0 Å². The maximum atomic E-state index is 11.4. The quantitative estimate of drug-likeness (QED) is 0.260. The average molecular weight is 185 g/mol. The summed E-state index contributed by atoms with van der Waals surface area (Å²) < 4.78 is 0. The van der Waals surface area contributed by atoms with Gasteiger partial charge in [-0.25, -0.2) is 5.84 Å². The fourth-order valence-electron chi connectivity index (χ4n) is 1.44. The molecule has 13 heavy (non-hydrogen) atoms. The van der Waals surface area contributed by atoms with Crippen molar-refractivity contribution < 1.29 is 9.59 Å². The second kappa shape index (κ2) is 4.81. The lowest BCUT2D eigenvalue weighted by atomic mass is 10.1. The fourth-order valence-corrected chi connectivity index (χ4v) is 1.44. The van der Waals surface area contributed by atoms with Crippen molar-refractivity contribution in [2.24, 2.45) is 5.84 Å². The van der Waals surface area contributed by atoms with Gasteiger partial charge in [-0.05, 0) is 19.3 Å². The Hall–Kier alpha value is -1.10. The smallest absolute Gasteiger partial charge is 0.243 e. The minimum Gasteiger partial charge on any atom is -0.342 e. The molecule has 2 amide bonds. The SMILES string of the molecule is NNC(=O)CC(=O)N1CCCCC1. The molecule has 1 heterocycles. The number of piperidine rings is 1. The molecule has 0 aliphatic carbocycles. The largest absolute Gasteiger partial charge is 0.342 e. The summed E-state index contributed by atoms with van der Waals surface area (Å²) in [5.74, 6) is 4.34. The van der Waals surface area contributed by atoms with Crippen LogP contribution in [0, 0.1) is 0 Å². The van der Waals surface area contributed by atoms with Crippen LogP contribution in [0.1, 0.15) is 25.7 Å². The number of nitrogens with zero attached hydrogens (tertiary/aromatic N) is 1. The van der Waals surface area contributed by atoms with E-state index in [1.807, 2.05) is 5.43 Å². The van der Waals surface area contributed by atoms with E-state index in [0.29, 0.717) is 0 Å². The monoisotopic (exact) mass is 185 g/mol. The van der Waals surface area contributed by atoms with Gasteiger partial charge in [0, 0.05) is 13.1 Å². The molecule has 0 bridgehead atoms. The number of rotatable bonds is 2. The minimum atomic E-state index is -0.421. The molecule has 1 saturated heterocycles. The molecule has 1 aliphatic rings. The van der Waals surface area contributed by atoms with Crippen LogP contribution in [-0.4, -0.2) is 29.8 Å². The number of carbonyl (C=O) groups is 2. The zero-order chi connectivity index (χ0) is 9.68. The van der Waals surface area contributed by atoms with Gasteiger partial charge in [0.05, 0.1) is 0 Å². The summed E-state index contributed by atoms with van der Waals surface area (Å²) in [7, 11) is 0. The lowest BCUT2D eigenvalue weighted by Crippen LogP contribution is -2.40. The molecule has 0 aromatic rings. The van der Waals surface area contributed by atoms with Crippen LogP contribution in [-0.2, 0) is 9.59 Å². The molecule has 0 saturated carbocycles. The van der Waals surface area contributed by atoms with Crippen LogP contribution in [0.5, 0.6) is 0 Å². The Bertz CT molecular complexity index is 200. The Morgan fingerprint density at radius 1 is 1.23 bits per heavy atom. The average Bonchev–Trinajstić information content (AvgIpc) is 2.19. The summed E-state index contributed by atoms with van der Waals surface area (Å²) in [6.45, 7) is 1.55. The van der Waals surface area contributed by atoms with Gasteiger partial charge in [-0.1, -0.05) is 0 Å². The number of nitrogens with two attached hydrogens (primary N) is 1. The molecule has 5 heteroatoms. The van der Waals surface area contributed by atoms with Crippen LogP contribution in [0.25, 0.3) is 0 Å². The number of hydrogen-bond donors (Lipinski definition) is 2. The van der Waals surface area contributed by atoms with Crippen molar-refractivity contribution in [1.82, 2.24) is 10.3 Å². The minimum absolute atomic E-state index is 0.123. The molecule has 0 atom stereocenters. The van der Waals surface area contributed by atoms with E-state index in [0.717, 1.165) is 25.9 Å². The molecule has 1 aliphatic heterocycles. The zero-order valence-electron chi connectivity index (χ0n) is 7.58. The van der Waals surface area contributed by atoms with Gasteiger partial charge in [-0.3, -0.25) is 15.0 Å². The maximum absolute atomic E-state index is 11.4. The molecule has 5 nitrogen and oxygen atoms in total. The highest BCUT2D eigenvalue weighted by Gasteiger charge is 2.18. The second-order valence-corrected chi connectivity index (χ2v) is 3.19. The second-order valence-electron chi connectivity index (χ2n) is 3.19. The van der Waals surface area contributed by atoms with Crippen LogP contribution < -0.4 is 11.3 Å². The summed E-state index contributed by atoms with van der Waals surface area (Å²) in [6, 6.07) is 0. The summed E-state index contributed by atoms with van der Waals surface area (Å²) in [5, 5.41) is 0. The van der Waals surface area contributed by atoms with E-state index >= 15 is 0 Å². The Labute approximate surface area is 77.2 Å². The topological polar surface area (TPSA) is 75.4 Å². The summed E-state index contributed by atoms with van der Waals surface area (Å²) in [5.41, 5.74) is 1.95. The first-order valence-corrected chi connectivity index (χ1v) is 4.51. The summed E-state index contributed by atoms with van der Waals surface area (Å²) in [6.07, 6.45) is 3.12. The number of carbonyl (C=O) groups excluding carboxylic acids is 2. The highest BCUT2D eigenvalue weighted by molar-refractivity contribution is 5.96. The van der Waals surface area contributed by atoms with Gasteiger partial charge < -0.3 is 4.90 Å². The maximum Gasteiger partial charge on any atom is 0.243 e. The van der Waals surface area contributed by atoms with Crippen molar-refractivity contribution in [2.45, 2.75) is 25.7 Å². The van der Waals surface area contributed by atoms with E-state index in [1.165, 1.54) is 6.42 Å². The first-order valence-electron chi connectivity index (χ1n) is 4.51. The standard InChI is InChI=1S/C8H15N3O2/c9-10-7(12)6-8(13)11-4-2-1-3-5-11/h1-6,9H2,(H,10,12). The first kappa shape index (κ1) is 9.98. The lowest BCUT2D eigenvalue weighted by Gasteiger charge is -2.26. The van der Waals surface area contributed by atoms with Gasteiger partial charge >= 0.3 is 0 Å². The Balaban J connectivity index is 2.33. The van der Waals surface area contributed by atoms with Crippen molar-refractivity contribution >= 4 is 11.8 Å². The predicted octanol–water partition coefficient (Wildman–Crippen LogP) is -0.621. The Morgan fingerprint density at radius 3 is 2.38 bits per heavy atom. The molecule has 0 spiro atoms. The van der Waals surface area contributed by atoms with Crippen LogP contribution in [0.3, 0.4) is 0 Å². The third-order valence-electron chi connectivity index (χ3n) is 2.18. The van der Waals surface area contributed by atoms with Gasteiger partial charge in [0.2, 0.25) is 11.8 Å². The van der Waals surface area contributed by atoms with E-state index in [1.54, 1.807) is 4.90 Å². The molecule has 0 unspecified atom stereocenters. The zero-order valence-corrected chi connectivity index (χ0v) is 7.58. The Morgan fingerprint density at radius 2 is 1.85 bits per heavy atom.